The second-order valence-corrected chi connectivity index (χ2v) is 6.38. The molecule has 0 radical (unpaired) electrons. The molecule has 0 spiro atoms. The molecule has 1 unspecified atom stereocenters. The van der Waals surface area contributed by atoms with Gasteiger partial charge in [-0.05, 0) is 43.3 Å². The normalized spacial score (nSPS) is 12.6. The highest BCUT2D eigenvalue weighted by molar-refractivity contribution is 9.10. The van der Waals surface area contributed by atoms with E-state index in [9.17, 15) is 4.39 Å². The van der Waals surface area contributed by atoms with Gasteiger partial charge in [-0.1, -0.05) is 29.8 Å². The second kappa shape index (κ2) is 6.64. The summed E-state index contributed by atoms with van der Waals surface area (Å²) in [7, 11) is 0. The largest absolute Gasteiger partial charge is 0.310 e. The third kappa shape index (κ3) is 3.44. The third-order valence-electron chi connectivity index (χ3n) is 3.02. The van der Waals surface area contributed by atoms with Gasteiger partial charge in [0.15, 0.2) is 0 Å². The first-order valence-corrected chi connectivity index (χ1v) is 8.05. The molecule has 1 nitrogen and oxygen atoms in total. The van der Waals surface area contributed by atoms with Gasteiger partial charge in [-0.15, -0.1) is 11.3 Å². The van der Waals surface area contributed by atoms with Crippen LogP contribution in [0.25, 0.3) is 10.4 Å². The Morgan fingerprint density at radius 2 is 2.05 bits per heavy atom. The topological polar surface area (TPSA) is 12.0 Å². The zero-order chi connectivity index (χ0) is 13.8. The van der Waals surface area contributed by atoms with Gasteiger partial charge in [0.05, 0.1) is 0 Å². The fourth-order valence-electron chi connectivity index (χ4n) is 2.06. The molecule has 2 aromatic rings. The van der Waals surface area contributed by atoms with Crippen LogP contribution in [0.15, 0.2) is 34.8 Å². The quantitative estimate of drug-likeness (QED) is 0.769. The van der Waals surface area contributed by atoms with Crippen molar-refractivity contribution in [3.63, 3.8) is 0 Å². The fraction of sp³-hybridized carbons (Fsp3) is 0.333. The number of thiophene rings is 1. The minimum Gasteiger partial charge on any atom is -0.310 e. The van der Waals surface area contributed by atoms with Crippen LogP contribution in [0.5, 0.6) is 0 Å². The standard InChI is InChI=1S/C15H17BrFNS/c1-3-13(18-4-2)15-8-7-14(19-15)11-9-10(16)5-6-12(11)17/h5-9,13,18H,3-4H2,1-2H3. The molecule has 2 rings (SSSR count). The van der Waals surface area contributed by atoms with Crippen molar-refractivity contribution < 1.29 is 4.39 Å². The van der Waals surface area contributed by atoms with E-state index in [-0.39, 0.29) is 5.82 Å². The van der Waals surface area contributed by atoms with Crippen molar-refractivity contribution in [2.24, 2.45) is 0 Å². The molecule has 1 N–H and O–H groups in total. The molecule has 0 aliphatic heterocycles. The molecule has 1 aromatic heterocycles. The summed E-state index contributed by atoms with van der Waals surface area (Å²) in [6.45, 7) is 5.20. The van der Waals surface area contributed by atoms with Crippen LogP contribution >= 0.6 is 27.3 Å². The summed E-state index contributed by atoms with van der Waals surface area (Å²) in [4.78, 5) is 2.24. The van der Waals surface area contributed by atoms with Crippen LogP contribution in [0.2, 0.25) is 0 Å². The minimum atomic E-state index is -0.173. The summed E-state index contributed by atoms with van der Waals surface area (Å²) in [5, 5.41) is 3.45. The van der Waals surface area contributed by atoms with Crippen LogP contribution in [-0.2, 0) is 0 Å². The molecule has 102 valence electrons. The van der Waals surface area contributed by atoms with Crippen LogP contribution in [-0.4, -0.2) is 6.54 Å². The monoisotopic (exact) mass is 341 g/mol. The van der Waals surface area contributed by atoms with Gasteiger partial charge in [0, 0.05) is 25.8 Å². The zero-order valence-electron chi connectivity index (χ0n) is 11.0. The Morgan fingerprint density at radius 3 is 2.74 bits per heavy atom. The van der Waals surface area contributed by atoms with E-state index in [2.05, 4.69) is 41.2 Å². The highest BCUT2D eigenvalue weighted by atomic mass is 79.9. The number of halogens is 2. The Kier molecular flexibility index (Phi) is 5.13. The minimum absolute atomic E-state index is 0.173. The number of nitrogens with one attached hydrogen (secondary N) is 1. The number of benzene rings is 1. The summed E-state index contributed by atoms with van der Waals surface area (Å²) in [5.74, 6) is -0.173. The highest BCUT2D eigenvalue weighted by Crippen LogP contribution is 2.35. The summed E-state index contributed by atoms with van der Waals surface area (Å²) in [6, 6.07) is 9.52. The maximum absolute atomic E-state index is 13.9. The Balaban J connectivity index is 2.32. The van der Waals surface area contributed by atoms with Crippen LogP contribution in [0, 0.1) is 5.82 Å². The van der Waals surface area contributed by atoms with E-state index in [1.165, 1.54) is 10.9 Å². The number of hydrogen-bond acceptors (Lipinski definition) is 2. The summed E-state index contributed by atoms with van der Waals surface area (Å²) >= 11 is 5.05. The van der Waals surface area contributed by atoms with Crippen LogP contribution in [0.4, 0.5) is 4.39 Å². The van der Waals surface area contributed by atoms with E-state index < -0.39 is 0 Å². The lowest BCUT2D eigenvalue weighted by Gasteiger charge is -2.13. The average molecular weight is 342 g/mol. The first-order valence-electron chi connectivity index (χ1n) is 6.44. The molecule has 1 heterocycles. The third-order valence-corrected chi connectivity index (χ3v) is 4.75. The molecule has 0 amide bonds. The van der Waals surface area contributed by atoms with E-state index in [1.54, 1.807) is 17.4 Å². The van der Waals surface area contributed by atoms with Gasteiger partial charge >= 0.3 is 0 Å². The molecule has 0 saturated heterocycles. The summed E-state index contributed by atoms with van der Waals surface area (Å²) in [5.41, 5.74) is 0.664. The number of rotatable bonds is 5. The Bertz CT molecular complexity index is 553. The SMILES string of the molecule is CCNC(CC)c1ccc(-c2cc(Br)ccc2F)s1. The smallest absolute Gasteiger partial charge is 0.131 e. The van der Waals surface area contributed by atoms with Crippen molar-refractivity contribution in [1.82, 2.24) is 5.32 Å². The molecular weight excluding hydrogens is 325 g/mol. The predicted molar refractivity (Wildman–Crippen MR) is 84.1 cm³/mol. The highest BCUT2D eigenvalue weighted by Gasteiger charge is 2.13. The van der Waals surface area contributed by atoms with E-state index >= 15 is 0 Å². The first kappa shape index (κ1) is 14.7. The van der Waals surface area contributed by atoms with Gasteiger partial charge < -0.3 is 5.32 Å². The maximum Gasteiger partial charge on any atom is 0.131 e. The van der Waals surface area contributed by atoms with Gasteiger partial charge in [-0.25, -0.2) is 4.39 Å². The van der Waals surface area contributed by atoms with Crippen molar-refractivity contribution in [1.29, 1.82) is 0 Å². The Morgan fingerprint density at radius 1 is 1.26 bits per heavy atom. The molecule has 0 aliphatic rings. The Labute approximate surface area is 126 Å². The van der Waals surface area contributed by atoms with Gasteiger partial charge in [-0.3, -0.25) is 0 Å². The van der Waals surface area contributed by atoms with E-state index in [1.807, 2.05) is 12.1 Å². The van der Waals surface area contributed by atoms with Crippen molar-refractivity contribution in [3.8, 4) is 10.4 Å². The molecular formula is C15H17BrFNS. The van der Waals surface area contributed by atoms with E-state index in [0.29, 0.717) is 11.6 Å². The van der Waals surface area contributed by atoms with Gasteiger partial charge in [-0.2, -0.15) is 0 Å². The number of hydrogen-bond donors (Lipinski definition) is 1. The molecule has 4 heteroatoms. The molecule has 0 saturated carbocycles. The molecule has 1 atom stereocenters. The van der Waals surface area contributed by atoms with E-state index in [0.717, 1.165) is 22.3 Å². The lowest BCUT2D eigenvalue weighted by molar-refractivity contribution is 0.545. The lowest BCUT2D eigenvalue weighted by Crippen LogP contribution is -2.18. The average Bonchev–Trinajstić information content (AvgIpc) is 2.88. The zero-order valence-corrected chi connectivity index (χ0v) is 13.4. The van der Waals surface area contributed by atoms with Crippen LogP contribution < -0.4 is 5.32 Å². The second-order valence-electron chi connectivity index (χ2n) is 4.34. The van der Waals surface area contributed by atoms with Crippen LogP contribution in [0.3, 0.4) is 0 Å². The maximum atomic E-state index is 13.9. The van der Waals surface area contributed by atoms with Gasteiger partial charge in [0.25, 0.3) is 0 Å². The summed E-state index contributed by atoms with van der Waals surface area (Å²) in [6.07, 6.45) is 1.04. The van der Waals surface area contributed by atoms with Crippen LogP contribution in [0.1, 0.15) is 31.2 Å². The van der Waals surface area contributed by atoms with Gasteiger partial charge in [0.1, 0.15) is 5.82 Å². The molecule has 0 bridgehead atoms. The molecule has 1 aromatic carbocycles. The molecule has 19 heavy (non-hydrogen) atoms. The molecule has 0 aliphatic carbocycles. The first-order chi connectivity index (χ1) is 9.15. The predicted octanol–water partition coefficient (Wildman–Crippen LogP) is 5.38. The van der Waals surface area contributed by atoms with Crippen molar-refractivity contribution in [3.05, 3.63) is 45.5 Å². The van der Waals surface area contributed by atoms with Crippen molar-refractivity contribution in [2.75, 3.05) is 6.54 Å². The molecule has 0 fully saturated rings. The van der Waals surface area contributed by atoms with Crippen molar-refractivity contribution >= 4 is 27.3 Å². The Hall–Kier alpha value is -0.710. The lowest BCUT2D eigenvalue weighted by atomic mass is 10.1. The summed E-state index contributed by atoms with van der Waals surface area (Å²) < 4.78 is 14.8. The van der Waals surface area contributed by atoms with E-state index in [4.69, 9.17) is 0 Å². The van der Waals surface area contributed by atoms with Crippen molar-refractivity contribution in [2.45, 2.75) is 26.3 Å². The fourth-order valence-corrected chi connectivity index (χ4v) is 3.61. The van der Waals surface area contributed by atoms with Gasteiger partial charge in [0.2, 0.25) is 0 Å².